The molecule has 2 amide bonds. The molecule has 2 aromatic rings. The highest BCUT2D eigenvalue weighted by Gasteiger charge is 2.39. The summed E-state index contributed by atoms with van der Waals surface area (Å²) in [5.41, 5.74) is 4.10. The average molecular weight is 556 g/mol. The first-order chi connectivity index (χ1) is 18.4. The zero-order chi connectivity index (χ0) is 27.9. The second-order valence-corrected chi connectivity index (χ2v) is 13.8. The highest BCUT2D eigenvalue weighted by molar-refractivity contribution is 7.88. The van der Waals surface area contributed by atoms with E-state index in [2.05, 4.69) is 29.2 Å². The fourth-order valence-electron chi connectivity index (χ4n) is 5.55. The van der Waals surface area contributed by atoms with Crippen molar-refractivity contribution in [2.75, 3.05) is 26.0 Å². The number of fused-ring (bicyclic) bond motifs is 2. The molecule has 210 valence electrons. The lowest BCUT2D eigenvalue weighted by Crippen LogP contribution is -2.39. The van der Waals surface area contributed by atoms with Crippen LogP contribution < -0.4 is 4.74 Å². The van der Waals surface area contributed by atoms with E-state index in [0.29, 0.717) is 50.4 Å². The smallest absolute Gasteiger partial charge is 0.417 e. The Labute approximate surface area is 230 Å². The van der Waals surface area contributed by atoms with Crippen molar-refractivity contribution < 1.29 is 27.5 Å². The number of hydrogen-bond acceptors (Lipinski definition) is 7. The van der Waals surface area contributed by atoms with Crippen LogP contribution in [0.4, 0.5) is 4.79 Å². The molecule has 9 nitrogen and oxygen atoms in total. The number of imide groups is 1. The number of benzene rings is 2. The number of amides is 2. The molecule has 0 aromatic heterocycles. The Morgan fingerprint density at radius 1 is 1.00 bits per heavy atom. The van der Waals surface area contributed by atoms with Crippen LogP contribution in [0.3, 0.4) is 0 Å². The first-order valence-corrected chi connectivity index (χ1v) is 15.3. The van der Waals surface area contributed by atoms with Crippen LogP contribution in [0.15, 0.2) is 36.4 Å². The Bertz CT molecular complexity index is 1350. The number of nitrogens with zero attached hydrogens (tertiary/aromatic N) is 3. The minimum Gasteiger partial charge on any atom is -0.492 e. The molecule has 3 aliphatic rings. The topological polar surface area (TPSA) is 96.5 Å². The quantitative estimate of drug-likeness (QED) is 0.529. The van der Waals surface area contributed by atoms with Gasteiger partial charge < -0.3 is 9.47 Å². The van der Waals surface area contributed by atoms with Gasteiger partial charge in [-0.1, -0.05) is 30.3 Å². The number of rotatable bonds is 6. The van der Waals surface area contributed by atoms with Crippen LogP contribution in [0.1, 0.15) is 66.2 Å². The second-order valence-electron chi connectivity index (χ2n) is 11.8. The molecule has 0 N–H and O–H groups in total. The molecule has 1 saturated heterocycles. The first kappa shape index (κ1) is 27.6. The molecule has 0 spiro atoms. The van der Waals surface area contributed by atoms with Crippen molar-refractivity contribution in [1.29, 1.82) is 0 Å². The number of carbonyl (C=O) groups excluding carboxylic acids is 2. The normalized spacial score (nSPS) is 18.8. The van der Waals surface area contributed by atoms with Gasteiger partial charge in [-0.25, -0.2) is 22.4 Å². The Morgan fingerprint density at radius 2 is 1.64 bits per heavy atom. The molecule has 0 aliphatic carbocycles. The largest absolute Gasteiger partial charge is 0.492 e. The summed E-state index contributed by atoms with van der Waals surface area (Å²) in [6, 6.07) is 12.2. The SMILES string of the molecule is CC(C)(C)OC(=O)N1Cc2c(CN3Cc4ccccc4C3)ccc(OCC3CCN(S(C)(=O)=O)CC3)c2C1=O. The molecule has 0 atom stereocenters. The first-order valence-electron chi connectivity index (χ1n) is 13.5. The molecule has 5 rings (SSSR count). The van der Waals surface area contributed by atoms with Crippen molar-refractivity contribution in [3.8, 4) is 5.75 Å². The van der Waals surface area contributed by atoms with Crippen molar-refractivity contribution in [2.24, 2.45) is 5.92 Å². The van der Waals surface area contributed by atoms with E-state index in [1.807, 2.05) is 12.1 Å². The van der Waals surface area contributed by atoms with Crippen LogP contribution in [0.5, 0.6) is 5.75 Å². The number of hydrogen-bond donors (Lipinski definition) is 0. The van der Waals surface area contributed by atoms with Gasteiger partial charge in [0.2, 0.25) is 10.0 Å². The van der Waals surface area contributed by atoms with Crippen LogP contribution >= 0.6 is 0 Å². The summed E-state index contributed by atoms with van der Waals surface area (Å²) in [5.74, 6) is 0.229. The average Bonchev–Trinajstić information content (AvgIpc) is 3.43. The minimum atomic E-state index is -3.20. The molecule has 39 heavy (non-hydrogen) atoms. The van der Waals surface area contributed by atoms with Crippen LogP contribution in [0, 0.1) is 5.92 Å². The fourth-order valence-corrected chi connectivity index (χ4v) is 6.43. The minimum absolute atomic E-state index is 0.142. The summed E-state index contributed by atoms with van der Waals surface area (Å²) in [6.07, 6.45) is 1.96. The van der Waals surface area contributed by atoms with Gasteiger partial charge in [-0.15, -0.1) is 0 Å². The van der Waals surface area contributed by atoms with Gasteiger partial charge in [0.05, 0.1) is 25.0 Å². The molecular formula is C29H37N3O6S. The maximum Gasteiger partial charge on any atom is 0.417 e. The van der Waals surface area contributed by atoms with Crippen molar-refractivity contribution in [2.45, 2.75) is 65.4 Å². The summed E-state index contributed by atoms with van der Waals surface area (Å²) in [6.45, 7) is 9.10. The van der Waals surface area contributed by atoms with E-state index in [1.165, 1.54) is 21.7 Å². The lowest BCUT2D eigenvalue weighted by Gasteiger charge is -2.30. The van der Waals surface area contributed by atoms with Crippen LogP contribution in [0.2, 0.25) is 0 Å². The van der Waals surface area contributed by atoms with Crippen LogP contribution in [0.25, 0.3) is 0 Å². The third-order valence-corrected chi connectivity index (χ3v) is 8.88. The van der Waals surface area contributed by atoms with Gasteiger partial charge in [-0.2, -0.15) is 0 Å². The van der Waals surface area contributed by atoms with Gasteiger partial charge in [0, 0.05) is 32.7 Å². The van der Waals surface area contributed by atoms with Crippen LogP contribution in [-0.4, -0.2) is 66.1 Å². The lowest BCUT2D eigenvalue weighted by molar-refractivity contribution is 0.0247. The van der Waals surface area contributed by atoms with E-state index in [0.717, 1.165) is 29.1 Å². The Hall–Kier alpha value is -2.95. The Balaban J connectivity index is 1.35. The van der Waals surface area contributed by atoms with E-state index >= 15 is 0 Å². The maximum atomic E-state index is 13.6. The lowest BCUT2D eigenvalue weighted by atomic mass is 9.99. The maximum absolute atomic E-state index is 13.6. The molecule has 3 aliphatic heterocycles. The van der Waals surface area contributed by atoms with Crippen molar-refractivity contribution in [3.05, 3.63) is 64.2 Å². The molecule has 1 fully saturated rings. The van der Waals surface area contributed by atoms with Gasteiger partial charge in [-0.05, 0) is 67.9 Å². The predicted molar refractivity (Wildman–Crippen MR) is 147 cm³/mol. The zero-order valence-corrected chi connectivity index (χ0v) is 23.9. The highest BCUT2D eigenvalue weighted by atomic mass is 32.2. The second kappa shape index (κ2) is 10.6. The summed E-state index contributed by atoms with van der Waals surface area (Å²) >= 11 is 0. The zero-order valence-electron chi connectivity index (χ0n) is 23.1. The van der Waals surface area contributed by atoms with Gasteiger partial charge in [0.15, 0.2) is 0 Å². The molecule has 0 saturated carbocycles. The van der Waals surface area contributed by atoms with E-state index in [1.54, 1.807) is 20.8 Å². The van der Waals surface area contributed by atoms with Gasteiger partial charge in [0.25, 0.3) is 5.91 Å². The third-order valence-electron chi connectivity index (χ3n) is 7.58. The van der Waals surface area contributed by atoms with E-state index in [4.69, 9.17) is 9.47 Å². The predicted octanol–water partition coefficient (Wildman–Crippen LogP) is 4.14. The molecule has 0 radical (unpaired) electrons. The van der Waals surface area contributed by atoms with E-state index in [-0.39, 0.29) is 12.5 Å². The number of ether oxygens (including phenoxy) is 2. The van der Waals surface area contributed by atoms with E-state index < -0.39 is 27.6 Å². The summed E-state index contributed by atoms with van der Waals surface area (Å²) in [5, 5.41) is 0. The fraction of sp³-hybridized carbons (Fsp3) is 0.517. The Kier molecular flexibility index (Phi) is 7.47. The van der Waals surface area contributed by atoms with Gasteiger partial charge in [0.1, 0.15) is 11.4 Å². The molecular weight excluding hydrogens is 518 g/mol. The number of carbonyl (C=O) groups is 2. The molecule has 10 heteroatoms. The third kappa shape index (κ3) is 6.13. The highest BCUT2D eigenvalue weighted by Crippen LogP contribution is 2.37. The summed E-state index contributed by atoms with van der Waals surface area (Å²) < 4.78 is 36.9. The number of sulfonamides is 1. The standard InChI is InChI=1S/C29H37N3O6S/c1-29(2,3)38-28(34)32-18-24-23(17-30-15-21-7-5-6-8-22(21)16-30)9-10-25(26(24)27(32)33)37-19-20-11-13-31(14-12-20)39(4,35)36/h5-10,20H,11-19H2,1-4H3. The molecule has 3 heterocycles. The molecule has 0 unspecified atom stereocenters. The molecule has 2 aromatic carbocycles. The number of piperidine rings is 1. The summed E-state index contributed by atoms with van der Waals surface area (Å²) in [7, 11) is -3.20. The van der Waals surface area contributed by atoms with Gasteiger partial charge >= 0.3 is 6.09 Å². The van der Waals surface area contributed by atoms with Crippen molar-refractivity contribution >= 4 is 22.0 Å². The van der Waals surface area contributed by atoms with E-state index in [9.17, 15) is 18.0 Å². The Morgan fingerprint density at radius 3 is 2.23 bits per heavy atom. The van der Waals surface area contributed by atoms with Gasteiger partial charge in [-0.3, -0.25) is 9.69 Å². The van der Waals surface area contributed by atoms with Crippen LogP contribution in [-0.2, 0) is 40.9 Å². The van der Waals surface area contributed by atoms with Crippen molar-refractivity contribution in [3.63, 3.8) is 0 Å². The van der Waals surface area contributed by atoms with Crippen molar-refractivity contribution in [1.82, 2.24) is 14.1 Å². The molecule has 0 bridgehead atoms. The summed E-state index contributed by atoms with van der Waals surface area (Å²) in [4.78, 5) is 30.0. The monoisotopic (exact) mass is 555 g/mol.